The monoisotopic (exact) mass is 440 g/mol. The molecule has 0 radical (unpaired) electrons. The molecule has 168 valence electrons. The largest absolute Gasteiger partial charge is 0.497 e. The molecule has 1 heterocycles. The summed E-state index contributed by atoms with van der Waals surface area (Å²) in [6, 6.07) is 10.9. The number of urea groups is 1. The Hall–Kier alpha value is -4.08. The summed E-state index contributed by atoms with van der Waals surface area (Å²) in [6.07, 6.45) is -0.281. The van der Waals surface area contributed by atoms with E-state index in [1.54, 1.807) is 55.6 Å². The standard InChI is InChI=1S/C22H24N4O6/c1-26(18(27)12-17-20(28)25-22(30)24-17)19(13-4-8-15(31-2)9-5-13)21(29)23-14-6-10-16(32-3)11-7-14/h4-11,17,19H,12H2,1-3H3,(H,23,29)(H2,24,25,28,30)/t17-,19-/m0/s1. The number of carbonyl (C=O) groups excluding carboxylic acids is 4. The van der Waals surface area contributed by atoms with Crippen LogP contribution in [-0.2, 0) is 14.4 Å². The summed E-state index contributed by atoms with van der Waals surface area (Å²) in [7, 11) is 4.54. The topological polar surface area (TPSA) is 126 Å². The molecule has 2 aromatic rings. The van der Waals surface area contributed by atoms with E-state index in [-0.39, 0.29) is 6.42 Å². The molecule has 0 unspecified atom stereocenters. The number of hydrogen-bond donors (Lipinski definition) is 3. The molecule has 1 aliphatic rings. The van der Waals surface area contributed by atoms with Crippen molar-refractivity contribution >= 4 is 29.4 Å². The Kier molecular flexibility index (Phi) is 6.93. The van der Waals surface area contributed by atoms with Crippen molar-refractivity contribution in [3.63, 3.8) is 0 Å². The van der Waals surface area contributed by atoms with Gasteiger partial charge < -0.3 is 25.0 Å². The number of amides is 5. The van der Waals surface area contributed by atoms with E-state index >= 15 is 0 Å². The lowest BCUT2D eigenvalue weighted by Crippen LogP contribution is -2.42. The van der Waals surface area contributed by atoms with E-state index in [0.717, 1.165) is 0 Å². The number of anilines is 1. The molecule has 2 atom stereocenters. The van der Waals surface area contributed by atoms with Crippen LogP contribution in [0.2, 0.25) is 0 Å². The highest BCUT2D eigenvalue weighted by Crippen LogP contribution is 2.26. The highest BCUT2D eigenvalue weighted by atomic mass is 16.5. The molecule has 0 aromatic heterocycles. The average Bonchev–Trinajstić information content (AvgIpc) is 3.11. The number of ether oxygens (including phenoxy) is 2. The van der Waals surface area contributed by atoms with Crippen molar-refractivity contribution in [3.8, 4) is 11.5 Å². The van der Waals surface area contributed by atoms with Crippen LogP contribution in [0.15, 0.2) is 48.5 Å². The molecule has 0 bridgehead atoms. The van der Waals surface area contributed by atoms with E-state index in [9.17, 15) is 19.2 Å². The second-order valence-electron chi connectivity index (χ2n) is 7.12. The van der Waals surface area contributed by atoms with Gasteiger partial charge in [0.2, 0.25) is 5.91 Å². The Labute approximate surface area is 184 Å². The lowest BCUT2D eigenvalue weighted by molar-refractivity contribution is -0.138. The van der Waals surface area contributed by atoms with Gasteiger partial charge in [0.05, 0.1) is 20.6 Å². The molecular weight excluding hydrogens is 416 g/mol. The second kappa shape index (κ2) is 9.82. The van der Waals surface area contributed by atoms with Crippen LogP contribution in [0.4, 0.5) is 10.5 Å². The molecule has 0 aliphatic carbocycles. The van der Waals surface area contributed by atoms with Gasteiger partial charge in [0, 0.05) is 12.7 Å². The van der Waals surface area contributed by atoms with Crippen molar-refractivity contribution in [3.05, 3.63) is 54.1 Å². The molecule has 3 rings (SSSR count). The minimum Gasteiger partial charge on any atom is -0.497 e. The fourth-order valence-electron chi connectivity index (χ4n) is 3.29. The van der Waals surface area contributed by atoms with Gasteiger partial charge in [-0.3, -0.25) is 19.7 Å². The average molecular weight is 440 g/mol. The number of rotatable bonds is 8. The van der Waals surface area contributed by atoms with Crippen molar-refractivity contribution in [2.24, 2.45) is 0 Å². The third-order valence-electron chi connectivity index (χ3n) is 5.06. The molecule has 3 N–H and O–H groups in total. The fourth-order valence-corrected chi connectivity index (χ4v) is 3.29. The second-order valence-corrected chi connectivity index (χ2v) is 7.12. The van der Waals surface area contributed by atoms with Crippen LogP contribution < -0.4 is 25.4 Å². The zero-order valence-corrected chi connectivity index (χ0v) is 17.9. The van der Waals surface area contributed by atoms with Crippen molar-refractivity contribution in [2.45, 2.75) is 18.5 Å². The first-order valence-corrected chi connectivity index (χ1v) is 9.78. The fraction of sp³-hybridized carbons (Fsp3) is 0.273. The molecule has 1 fully saturated rings. The highest BCUT2D eigenvalue weighted by molar-refractivity contribution is 6.06. The lowest BCUT2D eigenvalue weighted by Gasteiger charge is -2.28. The number of benzene rings is 2. The number of likely N-dealkylation sites (N-methyl/N-ethyl adjacent to an activating group) is 1. The quantitative estimate of drug-likeness (QED) is 0.534. The van der Waals surface area contributed by atoms with Crippen molar-refractivity contribution in [1.82, 2.24) is 15.5 Å². The number of imide groups is 1. The molecule has 32 heavy (non-hydrogen) atoms. The summed E-state index contributed by atoms with van der Waals surface area (Å²) in [6.45, 7) is 0. The van der Waals surface area contributed by atoms with Crippen molar-refractivity contribution in [2.75, 3.05) is 26.6 Å². The molecule has 10 heteroatoms. The minimum atomic E-state index is -0.990. The zero-order chi connectivity index (χ0) is 23.3. The van der Waals surface area contributed by atoms with Gasteiger partial charge in [-0.1, -0.05) is 12.1 Å². The first kappa shape index (κ1) is 22.6. The van der Waals surface area contributed by atoms with E-state index < -0.39 is 35.8 Å². The Balaban J connectivity index is 1.83. The summed E-state index contributed by atoms with van der Waals surface area (Å²) < 4.78 is 10.3. The Morgan fingerprint density at radius 3 is 2.06 bits per heavy atom. The van der Waals surface area contributed by atoms with Gasteiger partial charge in [-0.15, -0.1) is 0 Å². The van der Waals surface area contributed by atoms with E-state index in [1.165, 1.54) is 19.1 Å². The maximum atomic E-state index is 13.2. The predicted molar refractivity (Wildman–Crippen MR) is 115 cm³/mol. The van der Waals surface area contributed by atoms with Crippen molar-refractivity contribution in [1.29, 1.82) is 0 Å². The third kappa shape index (κ3) is 5.15. The Bertz CT molecular complexity index is 1010. The molecule has 0 saturated carbocycles. The Morgan fingerprint density at radius 2 is 1.56 bits per heavy atom. The molecule has 1 saturated heterocycles. The maximum Gasteiger partial charge on any atom is 0.322 e. The van der Waals surface area contributed by atoms with Gasteiger partial charge in [-0.05, 0) is 42.0 Å². The smallest absolute Gasteiger partial charge is 0.322 e. The molecular formula is C22H24N4O6. The first-order valence-electron chi connectivity index (χ1n) is 9.78. The summed E-state index contributed by atoms with van der Waals surface area (Å²) in [5, 5.41) is 7.27. The summed E-state index contributed by atoms with van der Waals surface area (Å²) >= 11 is 0. The predicted octanol–water partition coefficient (Wildman–Crippen LogP) is 1.44. The summed E-state index contributed by atoms with van der Waals surface area (Å²) in [5.41, 5.74) is 1.07. The first-order chi connectivity index (χ1) is 15.3. The SMILES string of the molecule is COc1ccc(NC(=O)[C@H](c2ccc(OC)cc2)N(C)C(=O)C[C@@H]2NC(=O)NC2=O)cc1. The van der Waals surface area contributed by atoms with Crippen LogP contribution in [0.5, 0.6) is 11.5 Å². The van der Waals surface area contributed by atoms with Gasteiger partial charge in [-0.25, -0.2) is 4.79 Å². The van der Waals surface area contributed by atoms with Gasteiger partial charge in [0.25, 0.3) is 11.8 Å². The molecule has 2 aromatic carbocycles. The Morgan fingerprint density at radius 1 is 1.00 bits per heavy atom. The number of nitrogens with zero attached hydrogens (tertiary/aromatic N) is 1. The highest BCUT2D eigenvalue weighted by Gasteiger charge is 2.35. The van der Waals surface area contributed by atoms with E-state index in [4.69, 9.17) is 9.47 Å². The molecule has 5 amide bonds. The third-order valence-corrected chi connectivity index (χ3v) is 5.06. The zero-order valence-electron chi connectivity index (χ0n) is 17.9. The molecule has 1 aliphatic heterocycles. The van der Waals surface area contributed by atoms with Crippen LogP contribution in [0.3, 0.4) is 0 Å². The van der Waals surface area contributed by atoms with Crippen LogP contribution in [0.25, 0.3) is 0 Å². The van der Waals surface area contributed by atoms with Crippen LogP contribution in [0, 0.1) is 0 Å². The summed E-state index contributed by atoms with van der Waals surface area (Å²) in [4.78, 5) is 50.5. The number of carbonyl (C=O) groups is 4. The van der Waals surface area contributed by atoms with Crippen LogP contribution >= 0.6 is 0 Å². The van der Waals surface area contributed by atoms with Gasteiger partial charge in [-0.2, -0.15) is 0 Å². The van der Waals surface area contributed by atoms with Crippen molar-refractivity contribution < 1.29 is 28.7 Å². The number of methoxy groups -OCH3 is 2. The van der Waals surface area contributed by atoms with Gasteiger partial charge in [0.15, 0.2) is 0 Å². The lowest BCUT2D eigenvalue weighted by atomic mass is 10.0. The van der Waals surface area contributed by atoms with Crippen LogP contribution in [0.1, 0.15) is 18.0 Å². The van der Waals surface area contributed by atoms with E-state index in [0.29, 0.717) is 22.7 Å². The molecule has 0 spiro atoms. The van der Waals surface area contributed by atoms with Gasteiger partial charge >= 0.3 is 6.03 Å². The van der Waals surface area contributed by atoms with E-state index in [2.05, 4.69) is 16.0 Å². The summed E-state index contributed by atoms with van der Waals surface area (Å²) in [5.74, 6) is -0.282. The van der Waals surface area contributed by atoms with Gasteiger partial charge in [0.1, 0.15) is 23.6 Å². The normalized spacial score (nSPS) is 15.9. The van der Waals surface area contributed by atoms with Crippen LogP contribution in [-0.4, -0.2) is 56.0 Å². The number of hydrogen-bond acceptors (Lipinski definition) is 6. The molecule has 10 nitrogen and oxygen atoms in total. The maximum absolute atomic E-state index is 13.2. The van der Waals surface area contributed by atoms with E-state index in [1.807, 2.05) is 0 Å². The minimum absolute atomic E-state index is 0.281. The number of nitrogens with one attached hydrogen (secondary N) is 3.